The molecule has 1 N–H and O–H groups in total. The van der Waals surface area contributed by atoms with Gasteiger partial charge in [-0.2, -0.15) is 0 Å². The summed E-state index contributed by atoms with van der Waals surface area (Å²) in [4.78, 5) is 10.3. The molecular weight excluding hydrogens is 232 g/mol. The molecule has 2 heterocycles. The quantitative estimate of drug-likeness (QED) is 0.827. The van der Waals surface area contributed by atoms with Gasteiger partial charge >= 0.3 is 0 Å². The summed E-state index contributed by atoms with van der Waals surface area (Å²) in [5, 5.41) is 18.3. The fourth-order valence-corrected chi connectivity index (χ4v) is 2.51. The van der Waals surface area contributed by atoms with Crippen molar-refractivity contribution in [3.05, 3.63) is 6.33 Å². The first-order valence-corrected chi connectivity index (χ1v) is 6.10. The third kappa shape index (κ3) is 1.62. The van der Waals surface area contributed by atoms with Gasteiger partial charge in [0.05, 0.1) is 12.1 Å². The lowest BCUT2D eigenvalue weighted by atomic mass is 10.2. The smallest absolute Gasteiger partial charge is 0.184 e. The highest BCUT2D eigenvalue weighted by atomic mass is 16.3. The van der Waals surface area contributed by atoms with E-state index >= 15 is 0 Å². The average Bonchev–Trinajstić information content (AvgIpc) is 2.93. The summed E-state index contributed by atoms with van der Waals surface area (Å²) in [6, 6.07) is -0.0140. The minimum atomic E-state index is -0.354. The number of nitrogens with zero attached hydrogens (tertiary/aromatic N) is 6. The van der Waals surface area contributed by atoms with Gasteiger partial charge in [-0.1, -0.05) is 5.21 Å². The standard InChI is InChI=1S/C11H16N6O/c1-16(2)10-9-11(13-6-12-10)17(15-14-9)7-4-3-5-8(7)18/h6-8,18H,3-5H2,1-2H3/t7-,8+/m0/s1. The molecule has 7 heteroatoms. The largest absolute Gasteiger partial charge is 0.391 e. The molecule has 0 aromatic carbocycles. The molecule has 1 fully saturated rings. The molecule has 0 aliphatic heterocycles. The Labute approximate surface area is 104 Å². The maximum Gasteiger partial charge on any atom is 0.184 e. The van der Waals surface area contributed by atoms with Crippen LogP contribution in [0.4, 0.5) is 5.82 Å². The number of hydrogen-bond donors (Lipinski definition) is 1. The van der Waals surface area contributed by atoms with Crippen LogP contribution in [0.3, 0.4) is 0 Å². The summed E-state index contributed by atoms with van der Waals surface area (Å²) in [7, 11) is 3.82. The predicted molar refractivity (Wildman–Crippen MR) is 66.3 cm³/mol. The molecule has 0 bridgehead atoms. The van der Waals surface area contributed by atoms with Gasteiger partial charge in [0.2, 0.25) is 0 Å². The first-order valence-electron chi connectivity index (χ1n) is 6.10. The maximum atomic E-state index is 9.96. The molecule has 0 radical (unpaired) electrons. The Morgan fingerprint density at radius 3 is 2.83 bits per heavy atom. The topological polar surface area (TPSA) is 80.0 Å². The van der Waals surface area contributed by atoms with Crippen LogP contribution in [0.2, 0.25) is 0 Å². The van der Waals surface area contributed by atoms with Gasteiger partial charge in [0.25, 0.3) is 0 Å². The summed E-state index contributed by atoms with van der Waals surface area (Å²) in [5.41, 5.74) is 1.38. The van der Waals surface area contributed by atoms with E-state index in [0.29, 0.717) is 11.2 Å². The molecule has 1 aliphatic rings. The highest BCUT2D eigenvalue weighted by Crippen LogP contribution is 2.31. The lowest BCUT2D eigenvalue weighted by molar-refractivity contribution is 0.131. The van der Waals surface area contributed by atoms with E-state index in [2.05, 4.69) is 20.3 Å². The first-order chi connectivity index (χ1) is 8.68. The van der Waals surface area contributed by atoms with Gasteiger partial charge in [0, 0.05) is 14.1 Å². The van der Waals surface area contributed by atoms with Crippen molar-refractivity contribution in [2.75, 3.05) is 19.0 Å². The molecule has 2 atom stereocenters. The lowest BCUT2D eigenvalue weighted by Crippen LogP contribution is -2.20. The third-order valence-electron chi connectivity index (χ3n) is 3.42. The van der Waals surface area contributed by atoms with E-state index in [0.717, 1.165) is 25.1 Å². The highest BCUT2D eigenvalue weighted by Gasteiger charge is 2.30. The van der Waals surface area contributed by atoms with E-state index in [-0.39, 0.29) is 12.1 Å². The molecule has 0 spiro atoms. The second kappa shape index (κ2) is 4.16. The van der Waals surface area contributed by atoms with Gasteiger partial charge < -0.3 is 10.0 Å². The molecule has 1 saturated carbocycles. The number of aromatic nitrogens is 5. The predicted octanol–water partition coefficient (Wildman–Crippen LogP) is 0.373. The molecule has 1 aliphatic carbocycles. The SMILES string of the molecule is CN(C)c1ncnc2c1nnn2[C@H]1CCC[C@H]1O. The van der Waals surface area contributed by atoms with Crippen molar-refractivity contribution in [3.63, 3.8) is 0 Å². The van der Waals surface area contributed by atoms with Gasteiger partial charge in [-0.05, 0) is 19.3 Å². The van der Waals surface area contributed by atoms with Gasteiger partial charge in [-0.15, -0.1) is 5.10 Å². The van der Waals surface area contributed by atoms with E-state index in [1.807, 2.05) is 19.0 Å². The zero-order valence-electron chi connectivity index (χ0n) is 10.5. The number of fused-ring (bicyclic) bond motifs is 1. The van der Waals surface area contributed by atoms with Crippen molar-refractivity contribution in [1.29, 1.82) is 0 Å². The van der Waals surface area contributed by atoms with Crippen LogP contribution in [-0.4, -0.2) is 50.3 Å². The van der Waals surface area contributed by atoms with Gasteiger partial charge in [-0.25, -0.2) is 14.6 Å². The number of aliphatic hydroxyl groups is 1. The second-order valence-corrected chi connectivity index (χ2v) is 4.86. The minimum Gasteiger partial charge on any atom is -0.391 e. The maximum absolute atomic E-state index is 9.96. The zero-order chi connectivity index (χ0) is 12.7. The average molecular weight is 248 g/mol. The van der Waals surface area contributed by atoms with Crippen LogP contribution < -0.4 is 4.90 Å². The Kier molecular flexibility index (Phi) is 2.62. The Morgan fingerprint density at radius 1 is 1.33 bits per heavy atom. The van der Waals surface area contributed by atoms with Crippen molar-refractivity contribution >= 4 is 17.0 Å². The van der Waals surface area contributed by atoms with Crippen LogP contribution >= 0.6 is 0 Å². The van der Waals surface area contributed by atoms with Gasteiger partial charge in [0.1, 0.15) is 6.33 Å². The number of rotatable bonds is 2. The number of anilines is 1. The third-order valence-corrected chi connectivity index (χ3v) is 3.42. The van der Waals surface area contributed by atoms with Crippen LogP contribution in [0.1, 0.15) is 25.3 Å². The van der Waals surface area contributed by atoms with Crippen LogP contribution in [-0.2, 0) is 0 Å². The second-order valence-electron chi connectivity index (χ2n) is 4.86. The molecule has 0 amide bonds. The monoisotopic (exact) mass is 248 g/mol. The summed E-state index contributed by atoms with van der Waals surface area (Å²) >= 11 is 0. The molecule has 3 rings (SSSR count). The van der Waals surface area contributed by atoms with Crippen LogP contribution in [0.15, 0.2) is 6.33 Å². The highest BCUT2D eigenvalue weighted by molar-refractivity contribution is 5.82. The first kappa shape index (κ1) is 11.3. The fourth-order valence-electron chi connectivity index (χ4n) is 2.51. The summed E-state index contributed by atoms with van der Waals surface area (Å²) < 4.78 is 1.74. The van der Waals surface area contributed by atoms with Crippen molar-refractivity contribution in [3.8, 4) is 0 Å². The number of hydrogen-bond acceptors (Lipinski definition) is 6. The van der Waals surface area contributed by atoms with Crippen molar-refractivity contribution in [2.45, 2.75) is 31.4 Å². The van der Waals surface area contributed by atoms with Crippen molar-refractivity contribution < 1.29 is 5.11 Å². The van der Waals surface area contributed by atoms with Crippen LogP contribution in [0.25, 0.3) is 11.2 Å². The molecule has 2 aromatic rings. The summed E-state index contributed by atoms with van der Waals surface area (Å²) in [5.74, 6) is 0.749. The molecule has 96 valence electrons. The summed E-state index contributed by atoms with van der Waals surface area (Å²) in [6.07, 6.45) is 3.91. The van der Waals surface area contributed by atoms with E-state index in [9.17, 15) is 5.11 Å². The Hall–Kier alpha value is -1.76. The Morgan fingerprint density at radius 2 is 2.17 bits per heavy atom. The molecule has 0 saturated heterocycles. The molecule has 2 aromatic heterocycles. The Bertz CT molecular complexity index is 566. The lowest BCUT2D eigenvalue weighted by Gasteiger charge is -2.15. The fraction of sp³-hybridized carbons (Fsp3) is 0.636. The summed E-state index contributed by atoms with van der Waals surface area (Å²) in [6.45, 7) is 0. The molecule has 18 heavy (non-hydrogen) atoms. The van der Waals surface area contributed by atoms with E-state index in [1.54, 1.807) is 4.68 Å². The van der Waals surface area contributed by atoms with Crippen LogP contribution in [0, 0.1) is 0 Å². The molecule has 0 unspecified atom stereocenters. The van der Waals surface area contributed by atoms with Crippen molar-refractivity contribution in [2.24, 2.45) is 0 Å². The zero-order valence-corrected chi connectivity index (χ0v) is 10.5. The minimum absolute atomic E-state index is 0.0140. The van der Waals surface area contributed by atoms with E-state index in [1.165, 1.54) is 6.33 Å². The van der Waals surface area contributed by atoms with E-state index in [4.69, 9.17) is 0 Å². The van der Waals surface area contributed by atoms with Crippen LogP contribution in [0.5, 0.6) is 0 Å². The molecule has 7 nitrogen and oxygen atoms in total. The van der Waals surface area contributed by atoms with Gasteiger partial charge in [0.15, 0.2) is 17.0 Å². The van der Waals surface area contributed by atoms with E-state index < -0.39 is 0 Å². The normalized spacial score (nSPS) is 23.7. The number of aliphatic hydroxyl groups excluding tert-OH is 1. The Balaban J connectivity index is 2.12. The van der Waals surface area contributed by atoms with Gasteiger partial charge in [-0.3, -0.25) is 0 Å². The van der Waals surface area contributed by atoms with Crippen molar-refractivity contribution in [1.82, 2.24) is 25.0 Å². The molecular formula is C11H16N6O.